The Hall–Kier alpha value is -4.21. The number of ether oxygens (including phenoxy) is 2. The van der Waals surface area contributed by atoms with E-state index in [4.69, 9.17) is 19.5 Å². The van der Waals surface area contributed by atoms with Gasteiger partial charge in [0, 0.05) is 28.5 Å². The zero-order valence-corrected chi connectivity index (χ0v) is 38.5. The van der Waals surface area contributed by atoms with Crippen molar-refractivity contribution in [2.45, 2.75) is 113 Å². The molecule has 0 radical (unpaired) electrons. The summed E-state index contributed by atoms with van der Waals surface area (Å²) in [6, 6.07) is 27.5. The summed E-state index contributed by atoms with van der Waals surface area (Å²) in [4.78, 5) is 10.3. The van der Waals surface area contributed by atoms with Crippen LogP contribution in [0.25, 0.3) is 38.8 Å². The van der Waals surface area contributed by atoms with Crippen molar-refractivity contribution in [1.29, 1.82) is 0 Å². The van der Waals surface area contributed by atoms with E-state index in [1.54, 1.807) is 0 Å². The molecule has 0 spiro atoms. The van der Waals surface area contributed by atoms with Gasteiger partial charge in [-0.2, -0.15) is 6.07 Å². The number of hydrogen-bond acceptors (Lipinski definition) is 4. The molecule has 4 heterocycles. The van der Waals surface area contributed by atoms with Gasteiger partial charge >= 0.3 is 21.1 Å². The summed E-state index contributed by atoms with van der Waals surface area (Å²) >= 11 is 0. The van der Waals surface area contributed by atoms with Crippen LogP contribution in [0.4, 0.5) is 0 Å². The first-order chi connectivity index (χ1) is 26.3. The molecule has 2 aliphatic rings. The maximum absolute atomic E-state index is 6.97. The Balaban J connectivity index is 0.00000496. The second-order valence-corrected chi connectivity index (χ2v) is 19.1. The fraction of sp³-hybridized carbons (Fsp3) is 0.412. The Kier molecular flexibility index (Phi) is 10.2. The Bertz CT molecular complexity index is 2570. The van der Waals surface area contributed by atoms with E-state index < -0.39 is 0 Å². The van der Waals surface area contributed by atoms with Crippen LogP contribution in [-0.2, 0) is 36.6 Å². The van der Waals surface area contributed by atoms with E-state index in [9.17, 15) is 0 Å². The minimum Gasteiger partial charge on any atom is -0.518 e. The predicted molar refractivity (Wildman–Crippen MR) is 232 cm³/mol. The van der Waals surface area contributed by atoms with Crippen LogP contribution in [0.3, 0.4) is 0 Å². The first-order valence-electron chi connectivity index (χ1n) is 20.4. The van der Waals surface area contributed by atoms with Crippen LogP contribution in [-0.4, -0.2) is 27.6 Å². The fourth-order valence-corrected chi connectivity index (χ4v) is 10.3. The topological polar surface area (TPSA) is 48.6 Å². The summed E-state index contributed by atoms with van der Waals surface area (Å²) in [5.41, 5.74) is 14.0. The third kappa shape index (κ3) is 6.76. The summed E-state index contributed by atoms with van der Waals surface area (Å²) in [6.07, 6.45) is 1.89. The quantitative estimate of drug-likeness (QED) is 0.150. The van der Waals surface area contributed by atoms with Gasteiger partial charge in [-0.15, -0.1) is 23.3 Å². The van der Waals surface area contributed by atoms with Crippen LogP contribution in [0, 0.1) is 57.6 Å². The molecule has 0 bridgehead atoms. The van der Waals surface area contributed by atoms with Gasteiger partial charge in [0.1, 0.15) is 18.2 Å². The van der Waals surface area contributed by atoms with E-state index >= 15 is 0 Å². The van der Waals surface area contributed by atoms with Crippen molar-refractivity contribution in [2.24, 2.45) is 22.7 Å². The molecular formula is C51H57N3O2Pt. The molecule has 0 N–H and O–H groups in total. The van der Waals surface area contributed by atoms with Crippen molar-refractivity contribution in [1.82, 2.24) is 9.55 Å². The van der Waals surface area contributed by atoms with Crippen molar-refractivity contribution >= 4 is 27.8 Å². The van der Waals surface area contributed by atoms with Gasteiger partial charge in [-0.1, -0.05) is 122 Å². The smallest absolute Gasteiger partial charge is 0.518 e. The van der Waals surface area contributed by atoms with E-state index in [1.165, 1.54) is 49.8 Å². The fourth-order valence-electron chi connectivity index (χ4n) is 10.3. The average molecular weight is 939 g/mol. The molecule has 2 aromatic heterocycles. The third-order valence-corrected chi connectivity index (χ3v) is 12.5. The maximum Gasteiger partial charge on any atom is 2.00 e. The van der Waals surface area contributed by atoms with Gasteiger partial charge in [-0.3, -0.25) is 4.99 Å². The van der Waals surface area contributed by atoms with Crippen LogP contribution in [0.15, 0.2) is 65.8 Å². The van der Waals surface area contributed by atoms with Crippen molar-refractivity contribution in [3.63, 3.8) is 0 Å². The molecule has 8 rings (SSSR count). The van der Waals surface area contributed by atoms with Crippen molar-refractivity contribution in [3.05, 3.63) is 117 Å². The number of fused-ring (bicyclic) bond motifs is 5. The SMILES string of the molecule is Cc1cc(C)c(-c2cc(Oc3[c-]c4c(cc3C)C(C)(C)c3cc(C(C)(C)C)cc5c6cccnc6n-4c35)[c-]c(C3=N[C@](C)(C(C(C)C)C(C)C)CO3)c2)c(C)c1.[Pt+2]. The minimum absolute atomic E-state index is 0. The van der Waals surface area contributed by atoms with Gasteiger partial charge in [0.05, 0.1) is 11.1 Å². The Morgan fingerprint density at radius 2 is 1.51 bits per heavy atom. The van der Waals surface area contributed by atoms with Gasteiger partial charge in [0.15, 0.2) is 0 Å². The van der Waals surface area contributed by atoms with Crippen molar-refractivity contribution < 1.29 is 30.5 Å². The number of hydrogen-bond donors (Lipinski definition) is 0. The molecule has 6 aromatic rings. The van der Waals surface area contributed by atoms with Crippen molar-refractivity contribution in [2.75, 3.05) is 6.61 Å². The van der Waals surface area contributed by atoms with Crippen LogP contribution in [0.2, 0.25) is 0 Å². The van der Waals surface area contributed by atoms with E-state index in [2.05, 4.69) is 162 Å². The molecule has 1 atom stereocenters. The summed E-state index contributed by atoms with van der Waals surface area (Å²) in [5.74, 6) is 3.19. The van der Waals surface area contributed by atoms with Gasteiger partial charge in [-0.05, 0) is 102 Å². The largest absolute Gasteiger partial charge is 2.00 e. The molecule has 0 fully saturated rings. The standard InChI is InChI=1S/C51H57N3O2.Pt/c1-28(2)45(29(3)4)51(14)27-55-48(53-51)35-21-34(44-32(7)18-30(5)19-33(44)8)22-37(23-35)56-43-26-42-40(20-31(43)6)50(12,13)41-25-36(49(9,10)11)24-39-38-16-15-17-52-47(38)54(42)46(39)41;/h15-22,24-25,28-29,45H,27H2,1-14H3;/q-2;+2/t51-;/m0./s1. The van der Waals surface area contributed by atoms with Crippen LogP contribution in [0.5, 0.6) is 11.5 Å². The normalized spacial score (nSPS) is 17.3. The molecule has 0 saturated carbocycles. The monoisotopic (exact) mass is 938 g/mol. The van der Waals surface area contributed by atoms with E-state index in [1.807, 2.05) is 12.3 Å². The average Bonchev–Trinajstić information content (AvgIpc) is 3.65. The Labute approximate surface area is 354 Å². The summed E-state index contributed by atoms with van der Waals surface area (Å²) in [5, 5.41) is 2.37. The zero-order valence-electron chi connectivity index (χ0n) is 36.2. The van der Waals surface area contributed by atoms with E-state index in [-0.39, 0.29) is 37.4 Å². The molecule has 57 heavy (non-hydrogen) atoms. The first-order valence-corrected chi connectivity index (χ1v) is 20.4. The molecule has 4 aromatic carbocycles. The maximum atomic E-state index is 6.97. The number of aryl methyl sites for hydroxylation is 4. The second kappa shape index (κ2) is 14.3. The number of aromatic nitrogens is 2. The molecule has 6 heteroatoms. The number of rotatable bonds is 7. The molecule has 0 unspecified atom stereocenters. The summed E-state index contributed by atoms with van der Waals surface area (Å²) in [7, 11) is 0. The molecule has 0 saturated heterocycles. The minimum atomic E-state index is -0.337. The van der Waals surface area contributed by atoms with Crippen LogP contribution >= 0.6 is 0 Å². The molecule has 0 aliphatic carbocycles. The number of aliphatic imine (C=N–C) groups is 1. The van der Waals surface area contributed by atoms with Crippen LogP contribution in [0.1, 0.15) is 114 Å². The molecule has 0 amide bonds. The van der Waals surface area contributed by atoms with Crippen LogP contribution < -0.4 is 4.74 Å². The second-order valence-electron chi connectivity index (χ2n) is 19.1. The number of nitrogens with zero attached hydrogens (tertiary/aromatic N) is 3. The summed E-state index contributed by atoms with van der Waals surface area (Å²) in [6.45, 7) is 32.2. The molecule has 298 valence electrons. The van der Waals surface area contributed by atoms with E-state index in [0.717, 1.165) is 33.4 Å². The Morgan fingerprint density at radius 3 is 2.16 bits per heavy atom. The number of benzene rings is 4. The first kappa shape index (κ1) is 41.0. The van der Waals surface area contributed by atoms with Gasteiger partial charge in [0.2, 0.25) is 0 Å². The molecular weight excluding hydrogens is 882 g/mol. The van der Waals surface area contributed by atoms with Crippen molar-refractivity contribution in [3.8, 4) is 28.3 Å². The third-order valence-electron chi connectivity index (χ3n) is 12.5. The van der Waals surface area contributed by atoms with E-state index in [0.29, 0.717) is 41.8 Å². The predicted octanol–water partition coefficient (Wildman–Crippen LogP) is 12.9. The zero-order chi connectivity index (χ0) is 40.2. The summed E-state index contributed by atoms with van der Waals surface area (Å²) < 4.78 is 15.8. The van der Waals surface area contributed by atoms with Gasteiger partial charge < -0.3 is 14.0 Å². The molecule has 5 nitrogen and oxygen atoms in total. The van der Waals surface area contributed by atoms with Gasteiger partial charge in [0.25, 0.3) is 0 Å². The van der Waals surface area contributed by atoms with Gasteiger partial charge in [-0.25, -0.2) is 4.98 Å². The number of pyridine rings is 1. The Morgan fingerprint density at radius 1 is 0.825 bits per heavy atom. The molecule has 2 aliphatic heterocycles.